The molecule has 2 atom stereocenters. The number of aromatic nitrogens is 2. The topological polar surface area (TPSA) is 70.5 Å². The van der Waals surface area contributed by atoms with Crippen LogP contribution in [0.2, 0.25) is 0 Å². The maximum Gasteiger partial charge on any atom is 0.309 e. The van der Waals surface area contributed by atoms with Gasteiger partial charge in [0.25, 0.3) is 0 Å². The quantitative estimate of drug-likeness (QED) is 0.281. The Morgan fingerprint density at radius 1 is 0.906 bits per heavy atom. The highest BCUT2D eigenvalue weighted by Crippen LogP contribution is 2.25. The molecule has 1 aliphatic heterocycles. The van der Waals surface area contributed by atoms with Crippen LogP contribution < -0.4 is 9.47 Å². The number of ether oxygens (including phenoxy) is 3. The number of hydrogen-bond donors (Lipinski definition) is 0. The van der Waals surface area contributed by atoms with E-state index in [9.17, 15) is 4.79 Å². The van der Waals surface area contributed by atoms with Gasteiger partial charge in [0, 0.05) is 5.56 Å². The average Bonchev–Trinajstić information content (AvgIpc) is 2.83. The van der Waals surface area contributed by atoms with E-state index in [0.29, 0.717) is 24.8 Å². The third kappa shape index (κ3) is 7.50. The molecule has 1 aromatic heterocycles. The highest BCUT2D eigenvalue weighted by atomic mass is 16.6. The molecule has 2 heterocycles. The Morgan fingerprint density at radius 3 is 2.31 bits per heavy atom. The number of unbranched alkanes of at least 4 members (excludes halogenated alkanes) is 5. The molecule has 174 valence electrons. The van der Waals surface area contributed by atoms with Crippen LogP contribution in [0.15, 0.2) is 36.7 Å². The van der Waals surface area contributed by atoms with Gasteiger partial charge in [-0.2, -0.15) is 0 Å². The van der Waals surface area contributed by atoms with E-state index in [1.807, 2.05) is 31.2 Å². The van der Waals surface area contributed by atoms with Crippen LogP contribution >= 0.6 is 0 Å². The summed E-state index contributed by atoms with van der Waals surface area (Å²) < 4.78 is 17.0. The summed E-state index contributed by atoms with van der Waals surface area (Å²) in [7, 11) is 0. The third-order valence-corrected chi connectivity index (χ3v) is 5.89. The van der Waals surface area contributed by atoms with Crippen LogP contribution in [0.4, 0.5) is 0 Å². The van der Waals surface area contributed by atoms with Gasteiger partial charge in [0.15, 0.2) is 11.6 Å². The maximum absolute atomic E-state index is 11.9. The van der Waals surface area contributed by atoms with Crippen molar-refractivity contribution in [2.24, 2.45) is 5.92 Å². The van der Waals surface area contributed by atoms with Crippen molar-refractivity contribution in [3.63, 3.8) is 0 Å². The molecular weight excluding hydrogens is 404 g/mol. The van der Waals surface area contributed by atoms with E-state index >= 15 is 0 Å². The first-order valence-electron chi connectivity index (χ1n) is 12.1. The van der Waals surface area contributed by atoms with Gasteiger partial charge in [-0.15, -0.1) is 0 Å². The van der Waals surface area contributed by atoms with Gasteiger partial charge in [0.1, 0.15) is 18.5 Å². The van der Waals surface area contributed by atoms with Gasteiger partial charge >= 0.3 is 5.97 Å². The average molecular weight is 441 g/mol. The fourth-order valence-corrected chi connectivity index (χ4v) is 3.81. The van der Waals surface area contributed by atoms with Gasteiger partial charge in [-0.1, -0.05) is 46.0 Å². The first-order valence-corrected chi connectivity index (χ1v) is 12.1. The second-order valence-electron chi connectivity index (χ2n) is 8.44. The highest BCUT2D eigenvalue weighted by Gasteiger charge is 2.29. The molecule has 1 aromatic carbocycles. The molecule has 0 aliphatic carbocycles. The largest absolute Gasteiger partial charge is 0.490 e. The molecule has 0 N–H and O–H groups in total. The van der Waals surface area contributed by atoms with Crippen molar-refractivity contribution < 1.29 is 19.0 Å². The summed E-state index contributed by atoms with van der Waals surface area (Å²) in [6, 6.07) is 7.64. The fraction of sp³-hybridized carbons (Fsp3) is 0.577. The van der Waals surface area contributed by atoms with E-state index in [0.717, 1.165) is 37.0 Å². The van der Waals surface area contributed by atoms with E-state index in [2.05, 4.69) is 16.9 Å². The summed E-state index contributed by atoms with van der Waals surface area (Å²) in [5.74, 6) is 2.03. The standard InChI is InChI=1S/C26H36N2O4/c1-3-5-6-7-8-9-16-30-24-17-27-25(28-18-24)21-11-13-22(14-12-21)31-19-23-15-10-20(4-2)26(29)32-23/h11-14,17-18,20,23H,3-10,15-16,19H2,1-2H3/t20?,23-/m0/s1. The Hall–Kier alpha value is -2.63. The molecule has 6 heteroatoms. The maximum atomic E-state index is 11.9. The van der Waals surface area contributed by atoms with Crippen LogP contribution in [0.25, 0.3) is 11.4 Å². The smallest absolute Gasteiger partial charge is 0.309 e. The number of cyclic esters (lactones) is 1. The molecule has 3 rings (SSSR count). The summed E-state index contributed by atoms with van der Waals surface area (Å²) in [5, 5.41) is 0. The number of benzene rings is 1. The predicted molar refractivity (Wildman–Crippen MR) is 125 cm³/mol. The lowest BCUT2D eigenvalue weighted by molar-refractivity contribution is -0.162. The van der Waals surface area contributed by atoms with Crippen LogP contribution in [0, 0.1) is 5.92 Å². The molecule has 0 saturated carbocycles. The van der Waals surface area contributed by atoms with Gasteiger partial charge in [-0.05, 0) is 49.9 Å². The van der Waals surface area contributed by atoms with Crippen molar-refractivity contribution >= 4 is 5.97 Å². The molecule has 1 unspecified atom stereocenters. The van der Waals surface area contributed by atoms with Crippen molar-refractivity contribution in [2.45, 2.75) is 77.7 Å². The molecule has 0 bridgehead atoms. The van der Waals surface area contributed by atoms with E-state index in [1.54, 1.807) is 12.4 Å². The Labute approximate surface area is 191 Å². The number of hydrogen-bond acceptors (Lipinski definition) is 6. The molecular formula is C26H36N2O4. The number of carbonyl (C=O) groups excluding carboxylic acids is 1. The van der Waals surface area contributed by atoms with Crippen molar-refractivity contribution in [1.29, 1.82) is 0 Å². The third-order valence-electron chi connectivity index (χ3n) is 5.89. The van der Waals surface area contributed by atoms with E-state index < -0.39 is 0 Å². The molecule has 0 radical (unpaired) electrons. The predicted octanol–water partition coefficient (Wildman–Crippen LogP) is 5.99. The molecule has 2 aromatic rings. The zero-order valence-corrected chi connectivity index (χ0v) is 19.4. The molecule has 0 spiro atoms. The summed E-state index contributed by atoms with van der Waals surface area (Å²) in [6.07, 6.45) is 13.3. The normalized spacial score (nSPS) is 18.2. The van der Waals surface area contributed by atoms with Gasteiger partial charge < -0.3 is 14.2 Å². The molecule has 1 fully saturated rings. The van der Waals surface area contributed by atoms with Gasteiger partial charge in [-0.3, -0.25) is 4.79 Å². The minimum atomic E-state index is -0.169. The van der Waals surface area contributed by atoms with E-state index in [4.69, 9.17) is 14.2 Å². The first-order chi connectivity index (χ1) is 15.7. The minimum absolute atomic E-state index is 0.0397. The highest BCUT2D eigenvalue weighted by molar-refractivity contribution is 5.73. The van der Waals surface area contributed by atoms with E-state index in [-0.39, 0.29) is 18.0 Å². The van der Waals surface area contributed by atoms with Crippen LogP contribution in [0.3, 0.4) is 0 Å². The Kier molecular flexibility index (Phi) is 9.79. The van der Waals surface area contributed by atoms with Gasteiger partial charge in [0.05, 0.1) is 24.9 Å². The number of nitrogens with zero attached hydrogens (tertiary/aromatic N) is 2. The second-order valence-corrected chi connectivity index (χ2v) is 8.44. The van der Waals surface area contributed by atoms with E-state index in [1.165, 1.54) is 32.1 Å². The zero-order valence-electron chi connectivity index (χ0n) is 19.4. The second kappa shape index (κ2) is 13.0. The van der Waals surface area contributed by atoms with Crippen molar-refractivity contribution in [3.05, 3.63) is 36.7 Å². The van der Waals surface area contributed by atoms with Crippen LogP contribution in [0.5, 0.6) is 11.5 Å². The number of carbonyl (C=O) groups is 1. The molecule has 0 amide bonds. The molecule has 32 heavy (non-hydrogen) atoms. The summed E-state index contributed by atoms with van der Waals surface area (Å²) in [4.78, 5) is 20.7. The van der Waals surface area contributed by atoms with Gasteiger partial charge in [-0.25, -0.2) is 9.97 Å². The zero-order chi connectivity index (χ0) is 22.6. The Morgan fingerprint density at radius 2 is 1.62 bits per heavy atom. The molecule has 6 nitrogen and oxygen atoms in total. The fourth-order valence-electron chi connectivity index (χ4n) is 3.81. The van der Waals surface area contributed by atoms with Gasteiger partial charge in [0.2, 0.25) is 0 Å². The summed E-state index contributed by atoms with van der Waals surface area (Å²) >= 11 is 0. The van der Waals surface area contributed by atoms with Crippen LogP contribution in [0.1, 0.15) is 71.6 Å². The molecule has 1 saturated heterocycles. The van der Waals surface area contributed by atoms with Crippen LogP contribution in [-0.2, 0) is 9.53 Å². The summed E-state index contributed by atoms with van der Waals surface area (Å²) in [5.41, 5.74) is 0.912. The monoisotopic (exact) mass is 440 g/mol. The van der Waals surface area contributed by atoms with Crippen LogP contribution in [-0.4, -0.2) is 35.3 Å². The lowest BCUT2D eigenvalue weighted by Crippen LogP contribution is -2.34. The van der Waals surface area contributed by atoms with Crippen molar-refractivity contribution in [3.8, 4) is 22.9 Å². The SMILES string of the molecule is CCCCCCCCOc1cnc(-c2ccc(OC[C@@H]3CCC(CC)C(=O)O3)cc2)nc1. The minimum Gasteiger partial charge on any atom is -0.490 e. The first kappa shape index (κ1) is 24.0. The summed E-state index contributed by atoms with van der Waals surface area (Å²) in [6.45, 7) is 5.33. The Balaban J connectivity index is 1.40. The lowest BCUT2D eigenvalue weighted by Gasteiger charge is -2.27. The lowest BCUT2D eigenvalue weighted by atomic mass is 9.96. The molecule has 1 aliphatic rings. The van der Waals surface area contributed by atoms with Crippen molar-refractivity contribution in [1.82, 2.24) is 9.97 Å². The number of rotatable bonds is 13. The number of esters is 1. The van der Waals surface area contributed by atoms with Crippen molar-refractivity contribution in [2.75, 3.05) is 13.2 Å². The Bertz CT molecular complexity index is 808.